The van der Waals surface area contributed by atoms with E-state index in [9.17, 15) is 4.79 Å². The molecule has 1 aromatic rings. The number of nitrogens with zero attached hydrogens (tertiary/aromatic N) is 1. The van der Waals surface area contributed by atoms with Crippen LogP contribution >= 0.6 is 11.3 Å². The Morgan fingerprint density at radius 1 is 1.39 bits per heavy atom. The minimum absolute atomic E-state index is 0.103. The van der Waals surface area contributed by atoms with Gasteiger partial charge in [0, 0.05) is 11.6 Å². The molecule has 2 fully saturated rings. The van der Waals surface area contributed by atoms with Crippen molar-refractivity contribution in [1.29, 1.82) is 0 Å². The Morgan fingerprint density at radius 2 is 2.22 bits per heavy atom. The van der Waals surface area contributed by atoms with Crippen molar-refractivity contribution in [2.24, 2.45) is 5.92 Å². The molecule has 1 saturated carbocycles. The van der Waals surface area contributed by atoms with Gasteiger partial charge in [-0.3, -0.25) is 0 Å². The number of ether oxygens (including phenoxy) is 1. The number of rotatable bonds is 3. The number of hydrogen-bond donors (Lipinski definition) is 1. The third-order valence-electron chi connectivity index (χ3n) is 3.91. The first-order valence-electron chi connectivity index (χ1n) is 6.69. The summed E-state index contributed by atoms with van der Waals surface area (Å²) in [7, 11) is 0. The third kappa shape index (κ3) is 2.51. The second-order valence-electron chi connectivity index (χ2n) is 5.19. The van der Waals surface area contributed by atoms with E-state index in [4.69, 9.17) is 4.74 Å². The molecule has 0 aromatic carbocycles. The van der Waals surface area contributed by atoms with Crippen LogP contribution in [0.5, 0.6) is 0 Å². The molecule has 3 rings (SSSR count). The zero-order valence-corrected chi connectivity index (χ0v) is 11.1. The van der Waals surface area contributed by atoms with E-state index in [1.807, 2.05) is 5.38 Å². The van der Waals surface area contributed by atoms with Gasteiger partial charge in [-0.05, 0) is 12.3 Å². The highest BCUT2D eigenvalue weighted by Crippen LogP contribution is 2.35. The van der Waals surface area contributed by atoms with Gasteiger partial charge in [0.25, 0.3) is 0 Å². The molecule has 5 heteroatoms. The van der Waals surface area contributed by atoms with E-state index in [0.717, 1.165) is 17.3 Å². The van der Waals surface area contributed by atoms with Gasteiger partial charge in [0.15, 0.2) is 6.10 Å². The van der Waals surface area contributed by atoms with E-state index in [1.165, 1.54) is 32.1 Å². The first-order valence-corrected chi connectivity index (χ1v) is 7.57. The number of carbonyl (C=O) groups excluding carboxylic acids is 1. The number of nitrogens with one attached hydrogen (secondary N) is 1. The molecule has 98 valence electrons. The van der Waals surface area contributed by atoms with Crippen molar-refractivity contribution in [3.63, 3.8) is 0 Å². The van der Waals surface area contributed by atoms with Crippen molar-refractivity contribution in [2.75, 3.05) is 0 Å². The molecule has 4 nitrogen and oxygen atoms in total. The van der Waals surface area contributed by atoms with Crippen LogP contribution in [0.15, 0.2) is 11.6 Å². The third-order valence-corrected chi connectivity index (χ3v) is 4.75. The Morgan fingerprint density at radius 3 is 2.94 bits per heavy atom. The molecule has 0 spiro atoms. The smallest absolute Gasteiger partial charge is 0.408 e. The first-order chi connectivity index (χ1) is 8.83. The van der Waals surface area contributed by atoms with Crippen molar-refractivity contribution in [1.82, 2.24) is 10.3 Å². The lowest BCUT2D eigenvalue weighted by atomic mass is 9.84. The van der Waals surface area contributed by atoms with Gasteiger partial charge in [0.05, 0.1) is 6.04 Å². The van der Waals surface area contributed by atoms with Gasteiger partial charge in [-0.2, -0.15) is 0 Å². The number of carbonyl (C=O) groups is 1. The fourth-order valence-corrected chi connectivity index (χ4v) is 3.75. The van der Waals surface area contributed by atoms with E-state index < -0.39 is 0 Å². The highest BCUT2D eigenvalue weighted by atomic mass is 32.1. The first kappa shape index (κ1) is 12.0. The fourth-order valence-electron chi connectivity index (χ4n) is 3.02. The van der Waals surface area contributed by atoms with Gasteiger partial charge in [0.1, 0.15) is 5.01 Å². The summed E-state index contributed by atoms with van der Waals surface area (Å²) in [6.45, 7) is 0. The zero-order valence-electron chi connectivity index (χ0n) is 10.3. The summed E-state index contributed by atoms with van der Waals surface area (Å²) >= 11 is 1.56. The Bertz CT molecular complexity index is 401. The van der Waals surface area contributed by atoms with Crippen LogP contribution in [0.3, 0.4) is 0 Å². The summed E-state index contributed by atoms with van der Waals surface area (Å²) < 4.78 is 5.36. The number of thiazole rings is 1. The lowest BCUT2D eigenvalue weighted by molar-refractivity contribution is 0.126. The van der Waals surface area contributed by atoms with Crippen LogP contribution in [0.1, 0.15) is 49.6 Å². The maximum Gasteiger partial charge on any atom is 0.408 e. The number of aromatic nitrogens is 1. The summed E-state index contributed by atoms with van der Waals surface area (Å²) in [4.78, 5) is 15.7. The molecule has 1 aliphatic heterocycles. The van der Waals surface area contributed by atoms with Gasteiger partial charge < -0.3 is 10.1 Å². The van der Waals surface area contributed by atoms with Crippen molar-refractivity contribution >= 4 is 17.4 Å². The number of amides is 1. The van der Waals surface area contributed by atoms with E-state index in [0.29, 0.717) is 0 Å². The molecule has 2 heterocycles. The monoisotopic (exact) mass is 266 g/mol. The van der Waals surface area contributed by atoms with Gasteiger partial charge in [0.2, 0.25) is 0 Å². The predicted octanol–water partition coefficient (Wildman–Crippen LogP) is 3.26. The lowest BCUT2D eigenvalue weighted by Crippen LogP contribution is -2.30. The summed E-state index contributed by atoms with van der Waals surface area (Å²) in [5, 5.41) is 5.79. The molecule has 1 amide bonds. The molecule has 1 saturated heterocycles. The molecule has 0 radical (unpaired) electrons. The average molecular weight is 266 g/mol. The standard InChI is InChI=1S/C13H18N2O2S/c16-13-15-10(8-9-4-2-1-3-5-9)11(17-13)12-14-6-7-18-12/h6-7,9-11H,1-5,8H2,(H,15,16)/t10-,11+/m0/s1. The molecule has 1 aliphatic carbocycles. The molecule has 1 N–H and O–H groups in total. The molecule has 18 heavy (non-hydrogen) atoms. The van der Waals surface area contributed by atoms with Crippen molar-refractivity contribution < 1.29 is 9.53 Å². The van der Waals surface area contributed by atoms with E-state index in [2.05, 4.69) is 10.3 Å². The van der Waals surface area contributed by atoms with Gasteiger partial charge in [-0.15, -0.1) is 11.3 Å². The highest BCUT2D eigenvalue weighted by Gasteiger charge is 2.38. The Hall–Kier alpha value is -1.10. The van der Waals surface area contributed by atoms with Crippen LogP contribution in [0, 0.1) is 5.92 Å². The van der Waals surface area contributed by atoms with Crippen LogP contribution in [0.2, 0.25) is 0 Å². The lowest BCUT2D eigenvalue weighted by Gasteiger charge is -2.25. The van der Waals surface area contributed by atoms with Crippen LogP contribution in [-0.2, 0) is 4.74 Å². The topological polar surface area (TPSA) is 51.2 Å². The normalized spacial score (nSPS) is 29.0. The molecule has 2 aliphatic rings. The zero-order chi connectivity index (χ0) is 12.4. The fraction of sp³-hybridized carbons (Fsp3) is 0.692. The summed E-state index contributed by atoms with van der Waals surface area (Å²) in [5.41, 5.74) is 0. The Kier molecular flexibility index (Phi) is 3.50. The Balaban J connectivity index is 1.67. The van der Waals surface area contributed by atoms with Gasteiger partial charge in [-0.1, -0.05) is 32.1 Å². The SMILES string of the molecule is O=C1N[C@@H](CC2CCCCC2)[C@H](c2nccs2)O1. The number of alkyl carbamates (subject to hydrolysis) is 1. The second-order valence-corrected chi connectivity index (χ2v) is 6.11. The molecule has 0 bridgehead atoms. The minimum atomic E-state index is -0.295. The van der Waals surface area contributed by atoms with Gasteiger partial charge in [-0.25, -0.2) is 9.78 Å². The second kappa shape index (κ2) is 5.26. The predicted molar refractivity (Wildman–Crippen MR) is 69.5 cm³/mol. The number of hydrogen-bond acceptors (Lipinski definition) is 4. The quantitative estimate of drug-likeness (QED) is 0.913. The molecular formula is C13H18N2O2S. The van der Waals surface area contributed by atoms with Crippen molar-refractivity contribution in [2.45, 2.75) is 50.7 Å². The minimum Gasteiger partial charge on any atom is -0.437 e. The van der Waals surface area contributed by atoms with Crippen LogP contribution in [0.25, 0.3) is 0 Å². The van der Waals surface area contributed by atoms with Crippen molar-refractivity contribution in [3.8, 4) is 0 Å². The molecule has 2 atom stereocenters. The Labute approximate surface area is 111 Å². The number of cyclic esters (lactones) is 1. The average Bonchev–Trinajstić information content (AvgIpc) is 3.00. The highest BCUT2D eigenvalue weighted by molar-refractivity contribution is 7.09. The summed E-state index contributed by atoms with van der Waals surface area (Å²) in [6.07, 6.45) is 8.91. The van der Waals surface area contributed by atoms with Crippen molar-refractivity contribution in [3.05, 3.63) is 16.6 Å². The van der Waals surface area contributed by atoms with Crippen LogP contribution in [-0.4, -0.2) is 17.1 Å². The van der Waals surface area contributed by atoms with Crippen LogP contribution < -0.4 is 5.32 Å². The van der Waals surface area contributed by atoms with Crippen LogP contribution in [0.4, 0.5) is 4.79 Å². The maximum atomic E-state index is 11.4. The molecule has 1 aromatic heterocycles. The summed E-state index contributed by atoms with van der Waals surface area (Å²) in [5.74, 6) is 0.730. The van der Waals surface area contributed by atoms with E-state index in [1.54, 1.807) is 17.5 Å². The van der Waals surface area contributed by atoms with E-state index in [-0.39, 0.29) is 18.2 Å². The molecule has 0 unspecified atom stereocenters. The summed E-state index contributed by atoms with van der Waals surface area (Å²) in [6, 6.07) is 0.103. The van der Waals surface area contributed by atoms with Gasteiger partial charge >= 0.3 is 6.09 Å². The molecular weight excluding hydrogens is 248 g/mol. The van der Waals surface area contributed by atoms with E-state index >= 15 is 0 Å². The maximum absolute atomic E-state index is 11.4. The largest absolute Gasteiger partial charge is 0.437 e.